The summed E-state index contributed by atoms with van der Waals surface area (Å²) >= 11 is 0. The lowest BCUT2D eigenvalue weighted by molar-refractivity contribution is -0.139. The van der Waals surface area contributed by atoms with Crippen LogP contribution in [0.2, 0.25) is 0 Å². The molecule has 9 nitrogen and oxygen atoms in total. The van der Waals surface area contributed by atoms with Gasteiger partial charge in [0, 0.05) is 36.3 Å². The number of carbonyl (C=O) groups excluding carboxylic acids is 1. The van der Waals surface area contributed by atoms with Gasteiger partial charge in [0.2, 0.25) is 17.7 Å². The summed E-state index contributed by atoms with van der Waals surface area (Å²) in [7, 11) is 1.06. The van der Waals surface area contributed by atoms with Gasteiger partial charge in [-0.25, -0.2) is 19.3 Å². The van der Waals surface area contributed by atoms with Crippen LogP contribution >= 0.6 is 0 Å². The summed E-state index contributed by atoms with van der Waals surface area (Å²) in [5, 5.41) is 9.49. The first-order valence-corrected chi connectivity index (χ1v) is 11.0. The number of aromatic nitrogens is 5. The zero-order valence-corrected chi connectivity index (χ0v) is 19.7. The molecule has 0 unspecified atom stereocenters. The van der Waals surface area contributed by atoms with Gasteiger partial charge in [0.1, 0.15) is 11.4 Å². The monoisotopic (exact) mass is 515 g/mol. The van der Waals surface area contributed by atoms with E-state index in [1.807, 2.05) is 6.92 Å². The van der Waals surface area contributed by atoms with Crippen molar-refractivity contribution < 1.29 is 27.1 Å². The predicted octanol–water partition coefficient (Wildman–Crippen LogP) is 4.85. The van der Waals surface area contributed by atoms with Gasteiger partial charge in [-0.2, -0.15) is 18.3 Å². The normalized spacial score (nSPS) is 11.3. The Balaban J connectivity index is 1.42. The fourth-order valence-electron chi connectivity index (χ4n) is 3.44. The zero-order chi connectivity index (χ0) is 26.6. The first-order chi connectivity index (χ1) is 17.7. The number of methoxy groups -OCH3 is 1. The Hall–Kier alpha value is -4.55. The van der Waals surface area contributed by atoms with Gasteiger partial charge in [-0.1, -0.05) is 12.1 Å². The van der Waals surface area contributed by atoms with E-state index < -0.39 is 29.3 Å². The van der Waals surface area contributed by atoms with Crippen LogP contribution in [-0.2, 0) is 23.9 Å². The second-order valence-corrected chi connectivity index (χ2v) is 7.82. The van der Waals surface area contributed by atoms with Crippen molar-refractivity contribution >= 4 is 23.2 Å². The molecule has 2 N–H and O–H groups in total. The highest BCUT2D eigenvalue weighted by Gasteiger charge is 2.35. The van der Waals surface area contributed by atoms with Crippen molar-refractivity contribution in [1.82, 2.24) is 24.7 Å². The number of anilines is 3. The predicted molar refractivity (Wildman–Crippen MR) is 127 cm³/mol. The van der Waals surface area contributed by atoms with Crippen molar-refractivity contribution in [2.24, 2.45) is 0 Å². The summed E-state index contributed by atoms with van der Waals surface area (Å²) in [4.78, 5) is 24.3. The average molecular weight is 515 g/mol. The highest BCUT2D eigenvalue weighted by molar-refractivity contribution is 5.92. The molecular formula is C24H21F4N7O2. The maximum Gasteiger partial charge on any atom is 0.421 e. The summed E-state index contributed by atoms with van der Waals surface area (Å²) in [6.07, 6.45) is 2.41. The molecule has 13 heteroatoms. The molecule has 0 aliphatic carbocycles. The quantitative estimate of drug-likeness (QED) is 0.323. The lowest BCUT2D eigenvalue weighted by Crippen LogP contribution is -2.16. The highest BCUT2D eigenvalue weighted by Crippen LogP contribution is 2.36. The van der Waals surface area contributed by atoms with Gasteiger partial charge in [0.05, 0.1) is 37.3 Å². The summed E-state index contributed by atoms with van der Waals surface area (Å²) < 4.78 is 60.7. The summed E-state index contributed by atoms with van der Waals surface area (Å²) in [5.74, 6) is -1.54. The number of alkyl halides is 3. The second kappa shape index (κ2) is 10.6. The Morgan fingerprint density at radius 3 is 2.43 bits per heavy atom. The molecule has 0 saturated heterocycles. The first kappa shape index (κ1) is 25.5. The van der Waals surface area contributed by atoms with Crippen LogP contribution in [0.3, 0.4) is 0 Å². The molecular weight excluding hydrogens is 494 g/mol. The molecule has 192 valence electrons. The van der Waals surface area contributed by atoms with E-state index in [4.69, 9.17) is 0 Å². The molecule has 0 aliphatic heterocycles. The van der Waals surface area contributed by atoms with Gasteiger partial charge in [-0.3, -0.25) is 9.48 Å². The zero-order valence-electron chi connectivity index (χ0n) is 19.7. The molecule has 0 spiro atoms. The summed E-state index contributed by atoms with van der Waals surface area (Å²) in [6, 6.07) is 4.91. The maximum absolute atomic E-state index is 14.8. The topological polar surface area (TPSA) is 107 Å². The Morgan fingerprint density at radius 1 is 1.05 bits per heavy atom. The molecule has 4 aromatic rings. The van der Waals surface area contributed by atoms with Crippen LogP contribution in [0.4, 0.5) is 34.9 Å². The van der Waals surface area contributed by atoms with Crippen molar-refractivity contribution in [1.29, 1.82) is 0 Å². The van der Waals surface area contributed by atoms with Gasteiger partial charge in [0.25, 0.3) is 0 Å². The molecule has 0 radical (unpaired) electrons. The van der Waals surface area contributed by atoms with Crippen LogP contribution in [0.25, 0.3) is 11.1 Å². The molecule has 0 fully saturated rings. The SMILES string of the molecule is CCn1cc(Nc2ncc(-c3ccc(CC(=O)Nc4cnc(OC)c(C(F)(F)F)c4)cc3F)cn2)cn1. The molecule has 0 atom stereocenters. The lowest BCUT2D eigenvalue weighted by atomic mass is 10.0. The molecule has 4 rings (SSSR count). The number of carbonyl (C=O) groups is 1. The van der Waals surface area contributed by atoms with Gasteiger partial charge in [0.15, 0.2) is 0 Å². The fraction of sp³-hybridized carbons (Fsp3) is 0.208. The maximum atomic E-state index is 14.8. The molecule has 1 aromatic carbocycles. The molecule has 0 aliphatic rings. The number of halogens is 4. The van der Waals surface area contributed by atoms with Gasteiger partial charge in [-0.15, -0.1) is 0 Å². The third kappa shape index (κ3) is 6.18. The number of pyridine rings is 1. The van der Waals surface area contributed by atoms with Crippen LogP contribution in [0.1, 0.15) is 18.1 Å². The van der Waals surface area contributed by atoms with Crippen molar-refractivity contribution in [3.05, 3.63) is 72.2 Å². The number of ether oxygens (including phenoxy) is 1. The number of amides is 1. The third-order valence-corrected chi connectivity index (χ3v) is 5.21. The third-order valence-electron chi connectivity index (χ3n) is 5.21. The van der Waals surface area contributed by atoms with E-state index in [0.717, 1.165) is 25.9 Å². The minimum Gasteiger partial charge on any atom is -0.481 e. The molecule has 37 heavy (non-hydrogen) atoms. The van der Waals surface area contributed by atoms with E-state index in [0.29, 0.717) is 22.8 Å². The van der Waals surface area contributed by atoms with E-state index in [-0.39, 0.29) is 17.7 Å². The Morgan fingerprint density at radius 2 is 1.81 bits per heavy atom. The van der Waals surface area contributed by atoms with Crippen LogP contribution in [-0.4, -0.2) is 37.7 Å². The highest BCUT2D eigenvalue weighted by atomic mass is 19.4. The minimum absolute atomic E-state index is 0.164. The molecule has 3 aromatic heterocycles. The largest absolute Gasteiger partial charge is 0.481 e. The van der Waals surface area contributed by atoms with Crippen LogP contribution in [0, 0.1) is 5.82 Å². The van der Waals surface area contributed by atoms with E-state index in [1.165, 1.54) is 30.6 Å². The minimum atomic E-state index is -4.71. The number of hydrogen-bond acceptors (Lipinski definition) is 7. The molecule has 0 bridgehead atoms. The number of benzene rings is 1. The van der Waals surface area contributed by atoms with E-state index >= 15 is 0 Å². The number of hydrogen-bond donors (Lipinski definition) is 2. The summed E-state index contributed by atoms with van der Waals surface area (Å²) in [6.45, 7) is 2.68. The van der Waals surface area contributed by atoms with Gasteiger partial charge in [-0.05, 0) is 24.6 Å². The Labute approximate surface area is 208 Å². The van der Waals surface area contributed by atoms with Crippen molar-refractivity contribution in [2.75, 3.05) is 17.7 Å². The Kier molecular flexibility index (Phi) is 7.32. The summed E-state index contributed by atoms with van der Waals surface area (Å²) in [5.41, 5.74) is 0.397. The first-order valence-electron chi connectivity index (χ1n) is 11.0. The number of rotatable bonds is 8. The van der Waals surface area contributed by atoms with Crippen LogP contribution in [0.15, 0.2) is 55.2 Å². The standard InChI is InChI=1S/C24H21F4N7O2/c1-3-35-13-17(12-32-35)34-23-30-9-15(10-31-23)18-5-4-14(6-20(18)25)7-21(36)33-16-8-19(24(26,27)28)22(37-2)29-11-16/h4-6,8-13H,3,7H2,1-2H3,(H,33,36)(H,30,31,34). The smallest absolute Gasteiger partial charge is 0.421 e. The number of nitrogens with zero attached hydrogens (tertiary/aromatic N) is 5. The van der Waals surface area contributed by atoms with Gasteiger partial charge >= 0.3 is 6.18 Å². The van der Waals surface area contributed by atoms with Crippen LogP contribution < -0.4 is 15.4 Å². The van der Waals surface area contributed by atoms with Crippen molar-refractivity contribution in [3.63, 3.8) is 0 Å². The second-order valence-electron chi connectivity index (χ2n) is 7.82. The molecule has 1 amide bonds. The van der Waals surface area contributed by atoms with Gasteiger partial charge < -0.3 is 15.4 Å². The van der Waals surface area contributed by atoms with Crippen molar-refractivity contribution in [2.45, 2.75) is 26.1 Å². The van der Waals surface area contributed by atoms with E-state index in [1.54, 1.807) is 17.1 Å². The molecule has 0 saturated carbocycles. The van der Waals surface area contributed by atoms with Crippen molar-refractivity contribution in [3.8, 4) is 17.0 Å². The fourth-order valence-corrected chi connectivity index (χ4v) is 3.44. The van der Waals surface area contributed by atoms with Crippen LogP contribution in [0.5, 0.6) is 5.88 Å². The lowest BCUT2D eigenvalue weighted by Gasteiger charge is -2.13. The average Bonchev–Trinajstić information content (AvgIpc) is 3.32. The van der Waals surface area contributed by atoms with E-state index in [9.17, 15) is 22.4 Å². The van der Waals surface area contributed by atoms with E-state index in [2.05, 4.69) is 35.4 Å². The molecule has 3 heterocycles. The Bertz CT molecular complexity index is 1410. The number of nitrogens with one attached hydrogen (secondary N) is 2. The number of aryl methyl sites for hydroxylation is 1.